The van der Waals surface area contributed by atoms with E-state index in [9.17, 15) is 0 Å². The number of hydrogen-bond acceptors (Lipinski definition) is 6. The van der Waals surface area contributed by atoms with E-state index in [1.165, 1.54) is 27.7 Å². The third-order valence-electron chi connectivity index (χ3n) is 15.3. The monoisotopic (exact) mass is 911 g/mol. The maximum atomic E-state index is 7.39. The highest BCUT2D eigenvalue weighted by molar-refractivity contribution is 7.01. The number of aryl methyl sites for hydroxylation is 2. The first kappa shape index (κ1) is 40.1. The second-order valence-corrected chi connectivity index (χ2v) is 19.3. The molecule has 0 fully saturated rings. The van der Waals surface area contributed by atoms with Gasteiger partial charge in [0.05, 0.1) is 17.1 Å². The lowest BCUT2D eigenvalue weighted by atomic mass is 9.31. The quantitative estimate of drug-likeness (QED) is 0.174. The Balaban J connectivity index is 0.963. The van der Waals surface area contributed by atoms with Gasteiger partial charge in [-0.25, -0.2) is 0 Å². The molecule has 0 radical (unpaired) electrons. The number of anilines is 8. The third kappa shape index (κ3) is 5.91. The van der Waals surface area contributed by atoms with Crippen molar-refractivity contribution in [2.24, 2.45) is 0 Å². The minimum atomic E-state index is -0.184. The number of hydrogen-bond donors (Lipinski definition) is 1. The average Bonchev–Trinajstić information content (AvgIpc) is 3.41. The molecule has 10 aromatic carbocycles. The van der Waals surface area contributed by atoms with Crippen LogP contribution in [0, 0.1) is 13.8 Å². The number of para-hydroxylation sites is 6. The molecule has 0 aromatic heterocycles. The van der Waals surface area contributed by atoms with Crippen LogP contribution in [-0.4, -0.2) is 13.4 Å². The predicted molar refractivity (Wildman–Crippen MR) is 291 cm³/mol. The molecule has 1 unspecified atom stereocenters. The highest BCUT2D eigenvalue weighted by atomic mass is 16.5. The van der Waals surface area contributed by atoms with Gasteiger partial charge in [-0.15, -0.1) is 0 Å². The molecule has 1 N–H and O–H groups in total. The Hall–Kier alpha value is -8.87. The largest absolute Gasteiger partial charge is 0.458 e. The zero-order chi connectivity index (χ0) is 46.9. The average molecular weight is 912 g/mol. The number of fused-ring (bicyclic) bond motifs is 11. The molecule has 5 aliphatic heterocycles. The van der Waals surface area contributed by atoms with Crippen LogP contribution in [0.5, 0.6) is 34.5 Å². The predicted octanol–water partition coefficient (Wildman–Crippen LogP) is 12.1. The number of nitrogens with one attached hydrogen (secondary N) is 1. The number of rotatable bonds is 5. The van der Waals surface area contributed by atoms with E-state index < -0.39 is 0 Å². The van der Waals surface area contributed by atoms with Crippen molar-refractivity contribution in [3.63, 3.8) is 0 Å². The molecule has 0 bridgehead atoms. The van der Waals surface area contributed by atoms with Gasteiger partial charge < -0.3 is 29.3 Å². The van der Waals surface area contributed by atoms with E-state index in [0.717, 1.165) is 113 Å². The van der Waals surface area contributed by atoms with Gasteiger partial charge >= 0.3 is 0 Å². The van der Waals surface area contributed by atoms with E-state index in [2.05, 4.69) is 241 Å². The fourth-order valence-corrected chi connectivity index (χ4v) is 12.4. The molecule has 8 heteroatoms. The molecule has 0 aliphatic carbocycles. The van der Waals surface area contributed by atoms with Crippen molar-refractivity contribution in [1.29, 1.82) is 0 Å². The molecule has 71 heavy (non-hydrogen) atoms. The van der Waals surface area contributed by atoms with Gasteiger partial charge in [-0.1, -0.05) is 133 Å². The molecule has 0 amide bonds. The van der Waals surface area contributed by atoms with Crippen molar-refractivity contribution in [3.05, 3.63) is 240 Å². The summed E-state index contributed by atoms with van der Waals surface area (Å²) in [4.78, 5) is 4.69. The van der Waals surface area contributed by atoms with Crippen LogP contribution in [0.25, 0.3) is 0 Å². The summed E-state index contributed by atoms with van der Waals surface area (Å²) in [5.41, 5.74) is 21.3. The summed E-state index contributed by atoms with van der Waals surface area (Å²) in [6.45, 7) is 4.20. The molecular weight excluding hydrogens is 868 g/mol. The van der Waals surface area contributed by atoms with Crippen LogP contribution in [0.15, 0.2) is 212 Å². The Labute approximate surface area is 413 Å². The SMILES string of the molecule is Cc1cccc(C)c1C1c2ccccc2N(c2ccccc2)c2cc3c4c(c21)Oc1ccccc1B4c1cc2c(cc1O3)Oc1cc(N(c3ccccc3)c3ccccc3)cc3c1B2c1ccccc1N3. The molecule has 0 saturated carbocycles. The standard InChI is InChI=1S/C63H43B2N3O3/c1-38-19-18-20-39(2)58(38)59-44-27-12-16-31-51(44)68(42-25-10-5-11-26-42)52-36-57-62-63(60(52)59)71-53-32-17-14-29-46(53)65(62)48-35-47-54(37-55(48)70-57)69-56-34-43(33-50-61(56)64(47)45-28-13-15-30-49(45)66-50)67(40-21-6-3-7-22-40)41-23-8-4-9-24-41/h3-37,59,66H,1-2H3. The zero-order valence-corrected chi connectivity index (χ0v) is 39.1. The Morgan fingerprint density at radius 1 is 0.423 bits per heavy atom. The van der Waals surface area contributed by atoms with Crippen molar-refractivity contribution in [1.82, 2.24) is 0 Å². The Kier molecular flexibility index (Phi) is 8.64. The molecule has 6 nitrogen and oxygen atoms in total. The molecule has 0 spiro atoms. The van der Waals surface area contributed by atoms with Gasteiger partial charge in [-0.2, -0.15) is 0 Å². The first-order valence-corrected chi connectivity index (χ1v) is 24.5. The molecule has 15 rings (SSSR count). The summed E-state index contributed by atoms with van der Waals surface area (Å²) in [6.07, 6.45) is 0. The van der Waals surface area contributed by atoms with Gasteiger partial charge in [0.1, 0.15) is 34.5 Å². The van der Waals surface area contributed by atoms with E-state index in [4.69, 9.17) is 14.2 Å². The van der Waals surface area contributed by atoms with Gasteiger partial charge in [-0.05, 0) is 124 Å². The second kappa shape index (κ2) is 15.3. The van der Waals surface area contributed by atoms with Crippen LogP contribution in [0.4, 0.5) is 45.5 Å². The maximum Gasteiger partial charge on any atom is 0.260 e. The van der Waals surface area contributed by atoms with Crippen LogP contribution in [0.2, 0.25) is 0 Å². The molecule has 5 aliphatic rings. The van der Waals surface area contributed by atoms with Gasteiger partial charge in [0.2, 0.25) is 0 Å². The number of benzene rings is 10. The Morgan fingerprint density at radius 2 is 1.03 bits per heavy atom. The summed E-state index contributed by atoms with van der Waals surface area (Å²) in [5.74, 6) is 4.74. The first-order valence-electron chi connectivity index (χ1n) is 24.5. The van der Waals surface area contributed by atoms with E-state index in [1.54, 1.807) is 0 Å². The highest BCUT2D eigenvalue weighted by Crippen LogP contribution is 2.57. The Morgan fingerprint density at radius 3 is 1.76 bits per heavy atom. The van der Waals surface area contributed by atoms with Gasteiger partial charge in [-0.3, -0.25) is 0 Å². The molecule has 5 heterocycles. The Bertz CT molecular complexity index is 3790. The summed E-state index contributed by atoms with van der Waals surface area (Å²) in [7, 11) is 0. The lowest BCUT2D eigenvalue weighted by molar-refractivity contribution is 0.453. The molecule has 10 aromatic rings. The van der Waals surface area contributed by atoms with Crippen LogP contribution >= 0.6 is 0 Å². The molecule has 334 valence electrons. The normalized spacial score (nSPS) is 14.6. The van der Waals surface area contributed by atoms with Crippen LogP contribution in [0.1, 0.15) is 33.7 Å². The molecule has 1 atom stereocenters. The summed E-state index contributed by atoms with van der Waals surface area (Å²) >= 11 is 0. The van der Waals surface area contributed by atoms with Gasteiger partial charge in [0.15, 0.2) is 0 Å². The van der Waals surface area contributed by atoms with Gasteiger partial charge in [0.25, 0.3) is 13.4 Å². The van der Waals surface area contributed by atoms with Crippen LogP contribution in [0.3, 0.4) is 0 Å². The fourth-order valence-electron chi connectivity index (χ4n) is 12.4. The van der Waals surface area contributed by atoms with Crippen LogP contribution in [-0.2, 0) is 0 Å². The number of ether oxygens (including phenoxy) is 3. The molecular formula is C63H43B2N3O3. The third-order valence-corrected chi connectivity index (χ3v) is 15.3. The topological polar surface area (TPSA) is 46.2 Å². The maximum absolute atomic E-state index is 7.39. The highest BCUT2D eigenvalue weighted by Gasteiger charge is 2.48. The fraction of sp³-hybridized carbons (Fsp3) is 0.0476. The molecule has 0 saturated heterocycles. The minimum Gasteiger partial charge on any atom is -0.458 e. The number of nitrogens with zero attached hydrogens (tertiary/aromatic N) is 2. The smallest absolute Gasteiger partial charge is 0.260 e. The van der Waals surface area contributed by atoms with Crippen LogP contribution < -0.4 is 62.1 Å². The summed E-state index contributed by atoms with van der Waals surface area (Å²) < 4.78 is 22.0. The van der Waals surface area contributed by atoms with Crippen molar-refractivity contribution in [2.45, 2.75) is 19.8 Å². The summed E-state index contributed by atoms with van der Waals surface area (Å²) in [5, 5.41) is 3.86. The minimum absolute atomic E-state index is 0.105. The van der Waals surface area contributed by atoms with Crippen molar-refractivity contribution in [3.8, 4) is 34.5 Å². The van der Waals surface area contributed by atoms with E-state index >= 15 is 0 Å². The van der Waals surface area contributed by atoms with E-state index in [1.807, 2.05) is 0 Å². The summed E-state index contributed by atoms with van der Waals surface area (Å²) in [6, 6.07) is 75.9. The first-order chi connectivity index (χ1) is 35.1. The van der Waals surface area contributed by atoms with Crippen molar-refractivity contribution >= 4 is 91.7 Å². The van der Waals surface area contributed by atoms with E-state index in [0.29, 0.717) is 0 Å². The van der Waals surface area contributed by atoms with E-state index in [-0.39, 0.29) is 19.3 Å². The lowest BCUT2D eigenvalue weighted by Crippen LogP contribution is -2.62. The zero-order valence-electron chi connectivity index (χ0n) is 39.1. The lowest BCUT2D eigenvalue weighted by Gasteiger charge is -2.43. The second-order valence-electron chi connectivity index (χ2n) is 19.3. The van der Waals surface area contributed by atoms with Crippen molar-refractivity contribution in [2.75, 3.05) is 15.1 Å². The van der Waals surface area contributed by atoms with Gasteiger partial charge in [0, 0.05) is 63.6 Å². The van der Waals surface area contributed by atoms with Crippen molar-refractivity contribution < 1.29 is 14.2 Å².